The molecule has 1 aromatic carbocycles. The van der Waals surface area contributed by atoms with Crippen molar-refractivity contribution >= 4 is 17.3 Å². The molecule has 0 aliphatic carbocycles. The third-order valence-corrected chi connectivity index (χ3v) is 3.74. The van der Waals surface area contributed by atoms with E-state index in [1.54, 1.807) is 7.11 Å². The minimum absolute atomic E-state index is 0.479. The molecule has 0 amide bonds. The second-order valence-corrected chi connectivity index (χ2v) is 4.94. The fraction of sp³-hybridized carbons (Fsp3) is 0.214. The molecule has 18 heavy (non-hydrogen) atoms. The summed E-state index contributed by atoms with van der Waals surface area (Å²) in [5, 5.41) is 11.2. The number of aliphatic carboxylic acids is 1. The maximum Gasteiger partial charge on any atom is 0.312 e. The van der Waals surface area contributed by atoms with Crippen molar-refractivity contribution in [3.63, 3.8) is 0 Å². The summed E-state index contributed by atoms with van der Waals surface area (Å²) >= 11 is 1.48. The van der Waals surface area contributed by atoms with Crippen LogP contribution in [-0.2, 0) is 11.2 Å². The van der Waals surface area contributed by atoms with E-state index >= 15 is 0 Å². The first-order valence-corrected chi connectivity index (χ1v) is 6.48. The monoisotopic (exact) mass is 262 g/mol. The molecular weight excluding hydrogens is 248 g/mol. The lowest BCUT2D eigenvalue weighted by Gasteiger charge is -2.11. The first-order valence-electron chi connectivity index (χ1n) is 5.60. The molecule has 4 heteroatoms. The molecule has 0 saturated carbocycles. The highest BCUT2D eigenvalue weighted by Crippen LogP contribution is 2.26. The van der Waals surface area contributed by atoms with Crippen LogP contribution in [-0.4, -0.2) is 18.2 Å². The van der Waals surface area contributed by atoms with Gasteiger partial charge in [-0.25, -0.2) is 0 Å². The van der Waals surface area contributed by atoms with Crippen LogP contribution in [0.4, 0.5) is 0 Å². The van der Waals surface area contributed by atoms with Gasteiger partial charge in [0, 0.05) is 4.88 Å². The van der Waals surface area contributed by atoms with E-state index in [9.17, 15) is 9.90 Å². The summed E-state index contributed by atoms with van der Waals surface area (Å²) in [5.41, 5.74) is 0.968. The molecule has 0 radical (unpaired) electrons. The van der Waals surface area contributed by atoms with Gasteiger partial charge >= 0.3 is 5.97 Å². The molecular formula is C14H14O3S. The van der Waals surface area contributed by atoms with E-state index < -0.39 is 11.9 Å². The number of ether oxygens (including phenoxy) is 1. The lowest BCUT2D eigenvalue weighted by Crippen LogP contribution is -2.13. The van der Waals surface area contributed by atoms with Gasteiger partial charge in [-0.15, -0.1) is 11.3 Å². The number of hydrogen-bond acceptors (Lipinski definition) is 3. The van der Waals surface area contributed by atoms with E-state index in [0.717, 1.165) is 16.2 Å². The fourth-order valence-electron chi connectivity index (χ4n) is 1.83. The van der Waals surface area contributed by atoms with Crippen molar-refractivity contribution in [2.75, 3.05) is 7.11 Å². The number of carboxylic acid groups (broad SMARTS) is 1. The summed E-state index contributed by atoms with van der Waals surface area (Å²) < 4.78 is 5.14. The predicted octanol–water partition coefficient (Wildman–Crippen LogP) is 3.17. The third-order valence-electron chi connectivity index (χ3n) is 2.76. The Bertz CT molecular complexity index is 520. The predicted molar refractivity (Wildman–Crippen MR) is 71.4 cm³/mol. The zero-order valence-electron chi connectivity index (χ0n) is 10.00. The van der Waals surface area contributed by atoms with Gasteiger partial charge in [-0.2, -0.15) is 0 Å². The van der Waals surface area contributed by atoms with Crippen molar-refractivity contribution in [3.8, 4) is 5.75 Å². The van der Waals surface area contributed by atoms with Crippen LogP contribution >= 0.6 is 11.3 Å². The van der Waals surface area contributed by atoms with Crippen LogP contribution in [0.2, 0.25) is 0 Å². The van der Waals surface area contributed by atoms with Gasteiger partial charge in [0.05, 0.1) is 13.0 Å². The standard InChI is InChI=1S/C14H14O3S/c1-17-11-5-2-4-10(8-11)9-12(14(15)16)13-6-3-7-18-13/h2-8,12H,9H2,1H3,(H,15,16). The fourth-order valence-corrected chi connectivity index (χ4v) is 2.65. The van der Waals surface area contributed by atoms with Gasteiger partial charge in [-0.3, -0.25) is 4.79 Å². The topological polar surface area (TPSA) is 46.5 Å². The smallest absolute Gasteiger partial charge is 0.312 e. The number of hydrogen-bond donors (Lipinski definition) is 1. The van der Waals surface area contributed by atoms with Gasteiger partial charge in [0.15, 0.2) is 0 Å². The second-order valence-electron chi connectivity index (χ2n) is 3.96. The minimum atomic E-state index is -0.791. The van der Waals surface area contributed by atoms with E-state index in [0.29, 0.717) is 6.42 Å². The van der Waals surface area contributed by atoms with Crippen LogP contribution in [0.15, 0.2) is 41.8 Å². The van der Waals surface area contributed by atoms with E-state index in [1.807, 2.05) is 41.8 Å². The summed E-state index contributed by atoms with van der Waals surface area (Å²) in [6.45, 7) is 0. The number of rotatable bonds is 5. The van der Waals surface area contributed by atoms with Crippen LogP contribution in [0.3, 0.4) is 0 Å². The van der Waals surface area contributed by atoms with Gasteiger partial charge in [0.25, 0.3) is 0 Å². The van der Waals surface area contributed by atoms with Gasteiger partial charge < -0.3 is 9.84 Å². The Balaban J connectivity index is 2.21. The van der Waals surface area contributed by atoms with Crippen LogP contribution in [0.1, 0.15) is 16.4 Å². The molecule has 2 rings (SSSR count). The molecule has 0 spiro atoms. The van der Waals surface area contributed by atoms with Gasteiger partial charge in [0.2, 0.25) is 0 Å². The van der Waals surface area contributed by atoms with Crippen molar-refractivity contribution in [3.05, 3.63) is 52.2 Å². The summed E-state index contributed by atoms with van der Waals surface area (Å²) in [7, 11) is 1.60. The van der Waals surface area contributed by atoms with Crippen LogP contribution in [0.25, 0.3) is 0 Å². The van der Waals surface area contributed by atoms with Gasteiger partial charge in [0.1, 0.15) is 5.75 Å². The van der Waals surface area contributed by atoms with E-state index in [2.05, 4.69) is 0 Å². The number of carboxylic acids is 1. The Morgan fingerprint density at radius 3 is 2.83 bits per heavy atom. The molecule has 1 aromatic heterocycles. The Morgan fingerprint density at radius 1 is 1.39 bits per heavy atom. The number of methoxy groups -OCH3 is 1. The molecule has 0 bridgehead atoms. The van der Waals surface area contributed by atoms with E-state index in [4.69, 9.17) is 4.74 Å². The lowest BCUT2D eigenvalue weighted by atomic mass is 9.98. The van der Waals surface area contributed by atoms with Crippen molar-refractivity contribution < 1.29 is 14.6 Å². The molecule has 0 aliphatic heterocycles. The largest absolute Gasteiger partial charge is 0.497 e. The molecule has 1 heterocycles. The maximum absolute atomic E-state index is 11.3. The zero-order chi connectivity index (χ0) is 13.0. The maximum atomic E-state index is 11.3. The highest BCUT2D eigenvalue weighted by molar-refractivity contribution is 7.10. The van der Waals surface area contributed by atoms with Crippen LogP contribution in [0, 0.1) is 0 Å². The molecule has 1 unspecified atom stereocenters. The molecule has 1 N–H and O–H groups in total. The van der Waals surface area contributed by atoms with Gasteiger partial charge in [-0.1, -0.05) is 18.2 Å². The summed E-state index contributed by atoms with van der Waals surface area (Å²) in [6, 6.07) is 11.3. The Labute approximate surface area is 110 Å². The average molecular weight is 262 g/mol. The average Bonchev–Trinajstić information content (AvgIpc) is 2.89. The summed E-state index contributed by atoms with van der Waals surface area (Å²) in [5.74, 6) is -0.528. The highest BCUT2D eigenvalue weighted by atomic mass is 32.1. The molecule has 0 fully saturated rings. The van der Waals surface area contributed by atoms with Crippen LogP contribution < -0.4 is 4.74 Å². The zero-order valence-corrected chi connectivity index (χ0v) is 10.8. The van der Waals surface area contributed by atoms with Crippen molar-refractivity contribution in [2.24, 2.45) is 0 Å². The third kappa shape index (κ3) is 2.90. The molecule has 2 aromatic rings. The molecule has 0 aliphatic rings. The first kappa shape index (κ1) is 12.6. The SMILES string of the molecule is COc1cccc(CC(C(=O)O)c2cccs2)c1. The van der Waals surface area contributed by atoms with Crippen molar-refractivity contribution in [2.45, 2.75) is 12.3 Å². The highest BCUT2D eigenvalue weighted by Gasteiger charge is 2.21. The first-order chi connectivity index (χ1) is 8.70. The van der Waals surface area contributed by atoms with E-state index in [-0.39, 0.29) is 0 Å². The molecule has 0 saturated heterocycles. The molecule has 3 nitrogen and oxygen atoms in total. The van der Waals surface area contributed by atoms with Crippen LogP contribution in [0.5, 0.6) is 5.75 Å². The summed E-state index contributed by atoms with van der Waals surface area (Å²) in [6.07, 6.45) is 0.479. The number of carbonyl (C=O) groups is 1. The minimum Gasteiger partial charge on any atom is -0.497 e. The Morgan fingerprint density at radius 2 is 2.22 bits per heavy atom. The number of thiophene rings is 1. The quantitative estimate of drug-likeness (QED) is 0.900. The number of benzene rings is 1. The normalized spacial score (nSPS) is 12.1. The van der Waals surface area contributed by atoms with Crippen molar-refractivity contribution in [1.82, 2.24) is 0 Å². The van der Waals surface area contributed by atoms with Crippen molar-refractivity contribution in [1.29, 1.82) is 0 Å². The van der Waals surface area contributed by atoms with E-state index in [1.165, 1.54) is 11.3 Å². The Hall–Kier alpha value is -1.81. The molecule has 1 atom stereocenters. The summed E-state index contributed by atoms with van der Waals surface area (Å²) in [4.78, 5) is 12.2. The Kier molecular flexibility index (Phi) is 3.99. The molecule has 94 valence electrons. The lowest BCUT2D eigenvalue weighted by molar-refractivity contribution is -0.138. The van der Waals surface area contributed by atoms with Gasteiger partial charge in [-0.05, 0) is 35.6 Å². The second kappa shape index (κ2) is 5.69.